The fourth-order valence-corrected chi connectivity index (χ4v) is 3.89. The van der Waals surface area contributed by atoms with Crippen molar-refractivity contribution in [2.45, 2.75) is 43.9 Å². The smallest absolute Gasteiger partial charge is 0.269 e. The van der Waals surface area contributed by atoms with E-state index in [1.807, 2.05) is 0 Å². The van der Waals surface area contributed by atoms with E-state index >= 15 is 0 Å². The van der Waals surface area contributed by atoms with Crippen LogP contribution in [-0.2, 0) is 20.9 Å². The molecule has 6 nitrogen and oxygen atoms in total. The van der Waals surface area contributed by atoms with E-state index in [0.717, 1.165) is 51.1 Å². The number of hydrogen-bond acceptors (Lipinski definition) is 5. The van der Waals surface area contributed by atoms with E-state index in [0.29, 0.717) is 18.7 Å². The Morgan fingerprint density at radius 3 is 3.00 bits per heavy atom. The second-order valence-corrected chi connectivity index (χ2v) is 7.42. The van der Waals surface area contributed by atoms with Crippen molar-refractivity contribution in [1.82, 2.24) is 10.2 Å². The minimum absolute atomic E-state index is 0.119. The maximum absolute atomic E-state index is 13.0. The quantitative estimate of drug-likeness (QED) is 0.869. The average Bonchev–Trinajstić information content (AvgIpc) is 3.38. The molecule has 3 heterocycles. The molecule has 3 aliphatic rings. The second-order valence-electron chi connectivity index (χ2n) is 7.42. The molecule has 0 aromatic heterocycles. The zero-order chi connectivity index (χ0) is 18.0. The number of halogens is 1. The molecule has 0 bridgehead atoms. The van der Waals surface area contributed by atoms with E-state index in [1.165, 1.54) is 12.1 Å². The van der Waals surface area contributed by atoms with Crippen molar-refractivity contribution >= 4 is 11.6 Å². The number of hydrogen-bond donors (Lipinski definition) is 1. The maximum Gasteiger partial charge on any atom is 0.269 e. The maximum atomic E-state index is 13.0. The van der Waals surface area contributed by atoms with Gasteiger partial charge in [0, 0.05) is 45.6 Å². The van der Waals surface area contributed by atoms with Crippen molar-refractivity contribution in [3.05, 3.63) is 35.6 Å². The number of oxime groups is 1. The highest BCUT2D eigenvalue weighted by Crippen LogP contribution is 2.34. The van der Waals surface area contributed by atoms with Crippen molar-refractivity contribution in [2.24, 2.45) is 5.16 Å². The number of carbonyl (C=O) groups excluding carboxylic acids is 1. The Balaban J connectivity index is 1.27. The molecule has 140 valence electrons. The predicted octanol–water partition coefficient (Wildman–Crippen LogP) is 1.84. The lowest BCUT2D eigenvalue weighted by molar-refractivity contribution is -0.115. The van der Waals surface area contributed by atoms with Gasteiger partial charge in [0.05, 0.1) is 6.10 Å². The molecular formula is C19H24FN3O3. The highest BCUT2D eigenvalue weighted by atomic mass is 19.1. The van der Waals surface area contributed by atoms with Crippen LogP contribution in [0.3, 0.4) is 0 Å². The molecule has 0 saturated carbocycles. The van der Waals surface area contributed by atoms with Gasteiger partial charge < -0.3 is 14.9 Å². The van der Waals surface area contributed by atoms with E-state index in [4.69, 9.17) is 9.57 Å². The molecule has 0 radical (unpaired) electrons. The first kappa shape index (κ1) is 17.4. The van der Waals surface area contributed by atoms with Gasteiger partial charge in [0.2, 0.25) is 0 Å². The molecule has 1 amide bonds. The first-order chi connectivity index (χ1) is 12.6. The van der Waals surface area contributed by atoms with Crippen LogP contribution in [0.2, 0.25) is 0 Å². The molecule has 1 aromatic rings. The van der Waals surface area contributed by atoms with Crippen LogP contribution in [0, 0.1) is 5.82 Å². The fraction of sp³-hybridized carbons (Fsp3) is 0.579. The van der Waals surface area contributed by atoms with Gasteiger partial charge in [0.15, 0.2) is 5.60 Å². The Morgan fingerprint density at radius 1 is 1.38 bits per heavy atom. The predicted molar refractivity (Wildman–Crippen MR) is 94.1 cm³/mol. The van der Waals surface area contributed by atoms with Crippen LogP contribution in [0.15, 0.2) is 29.4 Å². The number of ether oxygens (including phenoxy) is 1. The molecule has 2 atom stereocenters. The molecule has 4 rings (SSSR count). The summed E-state index contributed by atoms with van der Waals surface area (Å²) in [4.78, 5) is 20.3. The Kier molecular flexibility index (Phi) is 4.91. The van der Waals surface area contributed by atoms with Gasteiger partial charge in [0.1, 0.15) is 11.5 Å². The highest BCUT2D eigenvalue weighted by Gasteiger charge is 2.46. The molecule has 0 unspecified atom stereocenters. The standard InChI is InChI=1S/C19H24FN3O3/c20-15-5-3-14(4-6-15)12-23-8-7-19(13-23)10-17(22-26-19)18(24)21-11-16-2-1-9-25-16/h3-6,16H,1-2,7-13H2,(H,21,24)/t16-,19-/m0/s1. The number of rotatable bonds is 5. The van der Waals surface area contributed by atoms with Crippen LogP contribution in [-0.4, -0.2) is 54.5 Å². The third-order valence-corrected chi connectivity index (χ3v) is 5.33. The van der Waals surface area contributed by atoms with Gasteiger partial charge in [0.25, 0.3) is 5.91 Å². The van der Waals surface area contributed by atoms with Crippen LogP contribution in [0.25, 0.3) is 0 Å². The van der Waals surface area contributed by atoms with E-state index in [1.54, 1.807) is 12.1 Å². The van der Waals surface area contributed by atoms with Gasteiger partial charge in [-0.1, -0.05) is 17.3 Å². The van der Waals surface area contributed by atoms with Crippen LogP contribution in [0.5, 0.6) is 0 Å². The van der Waals surface area contributed by atoms with Crippen LogP contribution < -0.4 is 5.32 Å². The number of likely N-dealkylation sites (tertiary alicyclic amines) is 1. The lowest BCUT2D eigenvalue weighted by atomic mass is 9.96. The van der Waals surface area contributed by atoms with Gasteiger partial charge in [-0.05, 0) is 30.5 Å². The number of amides is 1. The zero-order valence-corrected chi connectivity index (χ0v) is 14.7. The van der Waals surface area contributed by atoms with E-state index in [-0.39, 0.29) is 17.8 Å². The van der Waals surface area contributed by atoms with Crippen molar-refractivity contribution in [3.8, 4) is 0 Å². The van der Waals surface area contributed by atoms with E-state index in [2.05, 4.69) is 15.4 Å². The Bertz CT molecular complexity index is 688. The summed E-state index contributed by atoms with van der Waals surface area (Å²) in [7, 11) is 0. The van der Waals surface area contributed by atoms with E-state index in [9.17, 15) is 9.18 Å². The second kappa shape index (κ2) is 7.32. The van der Waals surface area contributed by atoms with Gasteiger partial charge in [-0.15, -0.1) is 0 Å². The van der Waals surface area contributed by atoms with Crippen molar-refractivity contribution < 1.29 is 18.8 Å². The largest absolute Gasteiger partial charge is 0.387 e. The monoisotopic (exact) mass is 361 g/mol. The summed E-state index contributed by atoms with van der Waals surface area (Å²) in [5.74, 6) is -0.382. The first-order valence-electron chi connectivity index (χ1n) is 9.24. The highest BCUT2D eigenvalue weighted by molar-refractivity contribution is 6.39. The third-order valence-electron chi connectivity index (χ3n) is 5.33. The number of nitrogens with one attached hydrogen (secondary N) is 1. The van der Waals surface area contributed by atoms with E-state index < -0.39 is 5.60 Å². The summed E-state index contributed by atoms with van der Waals surface area (Å²) in [6.45, 7) is 3.64. The molecule has 7 heteroatoms. The topological polar surface area (TPSA) is 63.2 Å². The summed E-state index contributed by atoms with van der Waals surface area (Å²) in [6, 6.07) is 6.56. The summed E-state index contributed by atoms with van der Waals surface area (Å²) in [5, 5.41) is 6.96. The van der Waals surface area contributed by atoms with Gasteiger partial charge in [-0.2, -0.15) is 0 Å². The minimum atomic E-state index is -0.406. The fourth-order valence-electron chi connectivity index (χ4n) is 3.89. The normalized spacial score (nSPS) is 28.3. The lowest BCUT2D eigenvalue weighted by Gasteiger charge is -2.21. The molecule has 26 heavy (non-hydrogen) atoms. The molecule has 3 aliphatic heterocycles. The van der Waals surface area contributed by atoms with Crippen molar-refractivity contribution in [1.29, 1.82) is 0 Å². The Hall–Kier alpha value is -1.99. The Labute approximate surface area is 152 Å². The zero-order valence-electron chi connectivity index (χ0n) is 14.7. The number of nitrogens with zero attached hydrogens (tertiary/aromatic N) is 2. The Morgan fingerprint density at radius 2 is 2.23 bits per heavy atom. The van der Waals surface area contributed by atoms with Gasteiger partial charge in [-0.3, -0.25) is 9.69 Å². The molecular weight excluding hydrogens is 337 g/mol. The number of benzene rings is 1. The van der Waals surface area contributed by atoms with Gasteiger partial charge in [-0.25, -0.2) is 4.39 Å². The molecule has 1 aromatic carbocycles. The molecule has 0 aliphatic carbocycles. The molecule has 1 N–H and O–H groups in total. The molecule has 1 spiro atoms. The SMILES string of the molecule is O=C(NC[C@@H]1CCCO1)C1=NO[C@@]2(CCN(Cc3ccc(F)cc3)C2)C1. The summed E-state index contributed by atoms with van der Waals surface area (Å²) >= 11 is 0. The average molecular weight is 361 g/mol. The first-order valence-corrected chi connectivity index (χ1v) is 9.24. The van der Waals surface area contributed by atoms with Crippen LogP contribution >= 0.6 is 0 Å². The summed E-state index contributed by atoms with van der Waals surface area (Å²) in [5.41, 5.74) is 1.12. The lowest BCUT2D eigenvalue weighted by Crippen LogP contribution is -2.39. The number of carbonyl (C=O) groups is 1. The molecule has 2 fully saturated rings. The van der Waals surface area contributed by atoms with Crippen LogP contribution in [0.1, 0.15) is 31.2 Å². The summed E-state index contributed by atoms with van der Waals surface area (Å²) in [6.07, 6.45) is 3.53. The molecule has 2 saturated heterocycles. The van der Waals surface area contributed by atoms with Crippen molar-refractivity contribution in [3.63, 3.8) is 0 Å². The summed E-state index contributed by atoms with van der Waals surface area (Å²) < 4.78 is 18.5. The minimum Gasteiger partial charge on any atom is -0.387 e. The van der Waals surface area contributed by atoms with Gasteiger partial charge >= 0.3 is 0 Å². The van der Waals surface area contributed by atoms with Crippen molar-refractivity contribution in [2.75, 3.05) is 26.2 Å². The van der Waals surface area contributed by atoms with Crippen LogP contribution in [0.4, 0.5) is 4.39 Å². The third kappa shape index (κ3) is 3.88.